The van der Waals surface area contributed by atoms with Crippen LogP contribution >= 0.6 is 0 Å². The molecule has 0 aliphatic heterocycles. The van der Waals surface area contributed by atoms with Crippen LogP contribution in [-0.2, 0) is 23.4 Å². The van der Waals surface area contributed by atoms with E-state index in [-0.39, 0.29) is 31.1 Å². The molecule has 0 aliphatic carbocycles. The third kappa shape index (κ3) is 6.94. The molecule has 3 aromatic rings. The molecule has 2 N–H and O–H groups in total. The fourth-order valence-corrected chi connectivity index (χ4v) is 4.58. The number of carboxylic acid groups (broad SMARTS) is 1. The second-order valence-electron chi connectivity index (χ2n) is 9.37. The van der Waals surface area contributed by atoms with E-state index in [0.29, 0.717) is 29.5 Å². The van der Waals surface area contributed by atoms with E-state index in [1.807, 2.05) is 27.7 Å². The number of ether oxygens (including phenoxy) is 1. The SMILES string of the molecule is CCC(CC)(NC(=O)c1cc(COc2cc(F)ccc2F)ccc1CCC(=O)O)c1cc(C)cc(C)c1. The first-order valence-electron chi connectivity index (χ1n) is 12.4. The Bertz CT molecular complexity index is 1260. The Balaban J connectivity index is 1.95. The van der Waals surface area contributed by atoms with Crippen LogP contribution in [0.3, 0.4) is 0 Å². The number of amides is 1. The van der Waals surface area contributed by atoms with Crippen molar-refractivity contribution in [3.8, 4) is 5.75 Å². The maximum Gasteiger partial charge on any atom is 0.303 e. The average Bonchev–Trinajstić information content (AvgIpc) is 2.86. The molecule has 0 fully saturated rings. The lowest BCUT2D eigenvalue weighted by atomic mass is 9.82. The summed E-state index contributed by atoms with van der Waals surface area (Å²) in [6, 6.07) is 14.2. The molecule has 0 unspecified atom stereocenters. The maximum atomic E-state index is 14.0. The van der Waals surface area contributed by atoms with Gasteiger partial charge in [-0.2, -0.15) is 0 Å². The van der Waals surface area contributed by atoms with Gasteiger partial charge in [0.05, 0.1) is 5.54 Å². The molecule has 3 rings (SSSR count). The van der Waals surface area contributed by atoms with Crippen LogP contribution in [0.25, 0.3) is 0 Å². The Morgan fingerprint density at radius 1 is 0.946 bits per heavy atom. The summed E-state index contributed by atoms with van der Waals surface area (Å²) in [7, 11) is 0. The van der Waals surface area contributed by atoms with Crippen molar-refractivity contribution in [2.75, 3.05) is 0 Å². The quantitative estimate of drug-likeness (QED) is 0.304. The van der Waals surface area contributed by atoms with Crippen molar-refractivity contribution in [2.24, 2.45) is 0 Å². The molecule has 0 heterocycles. The van der Waals surface area contributed by atoms with Gasteiger partial charge in [-0.3, -0.25) is 9.59 Å². The number of hydrogen-bond donors (Lipinski definition) is 2. The number of aliphatic carboxylic acids is 1. The van der Waals surface area contributed by atoms with E-state index in [2.05, 4.69) is 23.5 Å². The largest absolute Gasteiger partial charge is 0.486 e. The number of benzene rings is 3. The van der Waals surface area contributed by atoms with Crippen LogP contribution in [0, 0.1) is 25.5 Å². The lowest BCUT2D eigenvalue weighted by Gasteiger charge is -2.34. The number of nitrogens with one attached hydrogen (secondary N) is 1. The van der Waals surface area contributed by atoms with E-state index in [1.165, 1.54) is 0 Å². The molecule has 0 saturated carbocycles. The van der Waals surface area contributed by atoms with Crippen LogP contribution in [0.4, 0.5) is 8.78 Å². The highest BCUT2D eigenvalue weighted by Gasteiger charge is 2.31. The third-order valence-electron chi connectivity index (χ3n) is 6.65. The van der Waals surface area contributed by atoms with Crippen LogP contribution in [-0.4, -0.2) is 17.0 Å². The normalized spacial score (nSPS) is 11.3. The van der Waals surface area contributed by atoms with Gasteiger partial charge in [0.25, 0.3) is 5.91 Å². The first kappa shape index (κ1) is 27.8. The molecule has 3 aromatic carbocycles. The number of carbonyl (C=O) groups is 2. The van der Waals surface area contributed by atoms with Crippen LogP contribution in [0.1, 0.15) is 71.3 Å². The first-order valence-corrected chi connectivity index (χ1v) is 12.4. The summed E-state index contributed by atoms with van der Waals surface area (Å²) in [5, 5.41) is 12.4. The van der Waals surface area contributed by atoms with E-state index in [9.17, 15) is 23.5 Å². The van der Waals surface area contributed by atoms with Gasteiger partial charge < -0.3 is 15.2 Å². The summed E-state index contributed by atoms with van der Waals surface area (Å²) >= 11 is 0. The van der Waals surface area contributed by atoms with Crippen LogP contribution in [0.5, 0.6) is 5.75 Å². The molecule has 0 aromatic heterocycles. The minimum Gasteiger partial charge on any atom is -0.486 e. The van der Waals surface area contributed by atoms with Gasteiger partial charge in [0, 0.05) is 18.1 Å². The second-order valence-corrected chi connectivity index (χ2v) is 9.37. The summed E-state index contributed by atoms with van der Waals surface area (Å²) in [4.78, 5) is 24.9. The van der Waals surface area contributed by atoms with E-state index >= 15 is 0 Å². The fraction of sp³-hybridized carbons (Fsp3) is 0.333. The third-order valence-corrected chi connectivity index (χ3v) is 6.65. The van der Waals surface area contributed by atoms with Crippen molar-refractivity contribution < 1.29 is 28.2 Å². The minimum absolute atomic E-state index is 0.0936. The van der Waals surface area contributed by atoms with Gasteiger partial charge in [-0.25, -0.2) is 8.78 Å². The number of rotatable bonds is 11. The number of aryl methyl sites for hydroxylation is 3. The molecule has 0 saturated heterocycles. The van der Waals surface area contributed by atoms with Crippen molar-refractivity contribution in [2.45, 2.75) is 65.5 Å². The van der Waals surface area contributed by atoms with Gasteiger partial charge in [0.1, 0.15) is 12.4 Å². The molecule has 0 radical (unpaired) electrons. The molecular weight excluding hydrogens is 476 g/mol. The highest BCUT2D eigenvalue weighted by molar-refractivity contribution is 5.96. The number of carboxylic acids is 1. The lowest BCUT2D eigenvalue weighted by molar-refractivity contribution is -0.136. The van der Waals surface area contributed by atoms with Crippen molar-refractivity contribution in [3.05, 3.63) is 99.6 Å². The van der Waals surface area contributed by atoms with Crippen LogP contribution in [0.15, 0.2) is 54.6 Å². The smallest absolute Gasteiger partial charge is 0.303 e. The number of hydrogen-bond acceptors (Lipinski definition) is 3. The predicted octanol–water partition coefficient (Wildman–Crippen LogP) is 6.62. The highest BCUT2D eigenvalue weighted by atomic mass is 19.1. The van der Waals surface area contributed by atoms with Gasteiger partial charge in [-0.15, -0.1) is 0 Å². The zero-order valence-electron chi connectivity index (χ0n) is 21.7. The molecular formula is C30H33F2NO4. The summed E-state index contributed by atoms with van der Waals surface area (Å²) in [5.74, 6) is -2.84. The van der Waals surface area contributed by atoms with Gasteiger partial charge in [-0.1, -0.05) is 55.3 Å². The monoisotopic (exact) mass is 509 g/mol. The van der Waals surface area contributed by atoms with Crippen molar-refractivity contribution in [3.63, 3.8) is 0 Å². The Morgan fingerprint density at radius 3 is 2.24 bits per heavy atom. The predicted molar refractivity (Wildman–Crippen MR) is 139 cm³/mol. The molecule has 5 nitrogen and oxygen atoms in total. The number of halogens is 2. The standard InChI is InChI=1S/C30H33F2NO4/c1-5-30(6-2,23-14-19(3)13-20(4)15-23)33-29(36)25-16-21(7-8-22(25)9-12-28(34)35)18-37-27-17-24(31)10-11-26(27)32/h7-8,10-11,13-17H,5-6,9,12,18H2,1-4H3,(H,33,36)(H,34,35). The van der Waals surface area contributed by atoms with Gasteiger partial charge in [0.2, 0.25) is 0 Å². The van der Waals surface area contributed by atoms with Gasteiger partial charge in [-0.05, 0) is 68.0 Å². The van der Waals surface area contributed by atoms with E-state index in [0.717, 1.165) is 34.9 Å². The molecule has 0 spiro atoms. The van der Waals surface area contributed by atoms with Gasteiger partial charge in [0.15, 0.2) is 11.6 Å². The second kappa shape index (κ2) is 12.0. The summed E-state index contributed by atoms with van der Waals surface area (Å²) in [5.41, 5.74) is 4.08. The van der Waals surface area contributed by atoms with Crippen LogP contribution in [0.2, 0.25) is 0 Å². The van der Waals surface area contributed by atoms with Crippen molar-refractivity contribution >= 4 is 11.9 Å². The molecule has 0 bridgehead atoms. The summed E-state index contributed by atoms with van der Waals surface area (Å²) in [6.07, 6.45) is 1.36. The first-order chi connectivity index (χ1) is 17.6. The fourth-order valence-electron chi connectivity index (χ4n) is 4.58. The lowest BCUT2D eigenvalue weighted by Crippen LogP contribution is -2.45. The van der Waals surface area contributed by atoms with Crippen molar-refractivity contribution in [1.82, 2.24) is 5.32 Å². The molecule has 7 heteroatoms. The minimum atomic E-state index is -0.966. The molecule has 196 valence electrons. The zero-order valence-corrected chi connectivity index (χ0v) is 21.7. The topological polar surface area (TPSA) is 75.6 Å². The van der Waals surface area contributed by atoms with Gasteiger partial charge >= 0.3 is 5.97 Å². The molecule has 37 heavy (non-hydrogen) atoms. The Hall–Kier alpha value is -3.74. The number of carbonyl (C=O) groups excluding carboxylic acids is 1. The zero-order chi connectivity index (χ0) is 27.2. The Morgan fingerprint density at radius 2 is 1.62 bits per heavy atom. The Labute approximate surface area is 216 Å². The molecule has 1 amide bonds. The van der Waals surface area contributed by atoms with E-state index in [4.69, 9.17) is 4.74 Å². The average molecular weight is 510 g/mol. The highest BCUT2D eigenvalue weighted by Crippen LogP contribution is 2.31. The molecule has 0 atom stereocenters. The Kier molecular flexibility index (Phi) is 9.03. The summed E-state index contributed by atoms with van der Waals surface area (Å²) in [6.45, 7) is 7.98. The summed E-state index contributed by atoms with van der Waals surface area (Å²) < 4.78 is 33.0. The maximum absolute atomic E-state index is 14.0. The van der Waals surface area contributed by atoms with Crippen molar-refractivity contribution in [1.29, 1.82) is 0 Å². The van der Waals surface area contributed by atoms with Crippen LogP contribution < -0.4 is 10.1 Å². The molecule has 0 aliphatic rings. The van der Waals surface area contributed by atoms with E-state index < -0.39 is 23.1 Å². The van der Waals surface area contributed by atoms with E-state index in [1.54, 1.807) is 18.2 Å².